The number of carbonyl (C=O) groups excluding carboxylic acids is 1. The van der Waals surface area contributed by atoms with E-state index in [-0.39, 0.29) is 17.2 Å². The van der Waals surface area contributed by atoms with Crippen LogP contribution in [0.2, 0.25) is 0 Å². The summed E-state index contributed by atoms with van der Waals surface area (Å²) in [5, 5.41) is 12.8. The number of carbonyl (C=O) groups is 1. The Balaban J connectivity index is 1.98. The van der Waals surface area contributed by atoms with Gasteiger partial charge >= 0.3 is 0 Å². The van der Waals surface area contributed by atoms with E-state index in [9.17, 15) is 9.18 Å². The zero-order chi connectivity index (χ0) is 13.7. The van der Waals surface area contributed by atoms with Crippen LogP contribution < -0.4 is 10.6 Å². The van der Waals surface area contributed by atoms with Gasteiger partial charge in [0.25, 0.3) is 5.91 Å². The second-order valence-electron chi connectivity index (χ2n) is 3.83. The third kappa shape index (κ3) is 3.06. The van der Waals surface area contributed by atoms with Crippen molar-refractivity contribution in [2.45, 2.75) is 6.54 Å². The molecule has 2 rings (SSSR count). The van der Waals surface area contributed by atoms with Crippen LogP contribution in [0.1, 0.15) is 10.4 Å². The lowest BCUT2D eigenvalue weighted by atomic mass is 10.1. The van der Waals surface area contributed by atoms with Crippen LogP contribution in [0.25, 0.3) is 0 Å². The molecule has 0 radical (unpaired) electrons. The minimum atomic E-state index is -0.452. The number of nitrogens with one attached hydrogen (secondary N) is 2. The molecule has 0 unspecified atom stereocenters. The van der Waals surface area contributed by atoms with Crippen LogP contribution in [0, 0.1) is 5.82 Å². The van der Waals surface area contributed by atoms with Gasteiger partial charge in [0.15, 0.2) is 0 Å². The second kappa shape index (κ2) is 5.94. The van der Waals surface area contributed by atoms with Crippen LogP contribution >= 0.6 is 0 Å². The molecule has 100 valence electrons. The Morgan fingerprint density at radius 1 is 1.47 bits per heavy atom. The van der Waals surface area contributed by atoms with Gasteiger partial charge in [-0.1, -0.05) is 11.3 Å². The van der Waals surface area contributed by atoms with Crippen LogP contribution in [-0.2, 0) is 6.54 Å². The third-order valence-corrected chi connectivity index (χ3v) is 2.61. The molecule has 0 saturated carbocycles. The summed E-state index contributed by atoms with van der Waals surface area (Å²) in [7, 11) is 1.57. The molecule has 0 atom stereocenters. The summed E-state index contributed by atoms with van der Waals surface area (Å²) in [6, 6.07) is 4.38. The first-order chi connectivity index (χ1) is 9.22. The number of halogens is 1. The van der Waals surface area contributed by atoms with Crippen LogP contribution in [0.4, 0.5) is 10.1 Å². The topological polar surface area (TPSA) is 71.8 Å². The van der Waals surface area contributed by atoms with E-state index in [0.717, 1.165) is 0 Å². The molecule has 0 aliphatic carbocycles. The summed E-state index contributed by atoms with van der Waals surface area (Å²) < 4.78 is 15.1. The van der Waals surface area contributed by atoms with E-state index in [2.05, 4.69) is 20.9 Å². The van der Waals surface area contributed by atoms with Crippen molar-refractivity contribution in [1.82, 2.24) is 20.3 Å². The first-order valence-corrected chi connectivity index (χ1v) is 5.81. The predicted molar refractivity (Wildman–Crippen MR) is 68.3 cm³/mol. The number of rotatable bonds is 5. The van der Waals surface area contributed by atoms with Crippen molar-refractivity contribution in [2.75, 3.05) is 18.9 Å². The van der Waals surface area contributed by atoms with Crippen LogP contribution in [0.5, 0.6) is 0 Å². The number of benzene rings is 1. The molecule has 1 aromatic heterocycles. The SMILES string of the molecule is CNc1c(F)cccc1C(=O)NCCn1ccnn1. The highest BCUT2D eigenvalue weighted by Crippen LogP contribution is 2.18. The first kappa shape index (κ1) is 13.0. The molecular formula is C12H14FN5O. The Morgan fingerprint density at radius 3 is 3.00 bits per heavy atom. The van der Waals surface area contributed by atoms with Gasteiger partial charge in [0.2, 0.25) is 0 Å². The molecular weight excluding hydrogens is 249 g/mol. The number of anilines is 1. The largest absolute Gasteiger partial charge is 0.385 e. The minimum absolute atomic E-state index is 0.195. The summed E-state index contributed by atoms with van der Waals surface area (Å²) in [6.45, 7) is 0.901. The number of aromatic nitrogens is 3. The van der Waals surface area contributed by atoms with E-state index < -0.39 is 5.82 Å². The molecule has 0 aliphatic heterocycles. The maximum atomic E-state index is 13.5. The number of nitrogens with zero attached hydrogens (tertiary/aromatic N) is 3. The Labute approximate surface area is 109 Å². The van der Waals surface area contributed by atoms with Crippen molar-refractivity contribution in [1.29, 1.82) is 0 Å². The quantitative estimate of drug-likeness (QED) is 0.840. The summed E-state index contributed by atoms with van der Waals surface area (Å²) in [6.07, 6.45) is 3.26. The van der Waals surface area contributed by atoms with E-state index in [4.69, 9.17) is 0 Å². The van der Waals surface area contributed by atoms with Crippen molar-refractivity contribution in [3.05, 3.63) is 42.0 Å². The van der Waals surface area contributed by atoms with Crippen LogP contribution in [0.15, 0.2) is 30.6 Å². The lowest BCUT2D eigenvalue weighted by Crippen LogP contribution is -2.28. The van der Waals surface area contributed by atoms with Gasteiger partial charge in [-0.3, -0.25) is 9.48 Å². The average molecular weight is 263 g/mol. The lowest BCUT2D eigenvalue weighted by Gasteiger charge is -2.10. The molecule has 0 fully saturated rings. The maximum Gasteiger partial charge on any atom is 0.253 e. The highest BCUT2D eigenvalue weighted by Gasteiger charge is 2.13. The third-order valence-electron chi connectivity index (χ3n) is 2.61. The molecule has 0 saturated heterocycles. The van der Waals surface area contributed by atoms with Crippen molar-refractivity contribution in [2.24, 2.45) is 0 Å². The van der Waals surface area contributed by atoms with Gasteiger partial charge in [-0.25, -0.2) is 4.39 Å². The van der Waals surface area contributed by atoms with Crippen molar-refractivity contribution < 1.29 is 9.18 Å². The van der Waals surface area contributed by atoms with Crippen molar-refractivity contribution in [3.8, 4) is 0 Å². The molecule has 19 heavy (non-hydrogen) atoms. The van der Waals surface area contributed by atoms with Crippen molar-refractivity contribution >= 4 is 11.6 Å². The van der Waals surface area contributed by atoms with Crippen LogP contribution in [-0.4, -0.2) is 34.5 Å². The van der Waals surface area contributed by atoms with Gasteiger partial charge in [0.1, 0.15) is 5.82 Å². The molecule has 1 heterocycles. The summed E-state index contributed by atoms with van der Waals surface area (Å²) in [5.41, 5.74) is 0.474. The Hall–Kier alpha value is -2.44. The molecule has 6 nitrogen and oxygen atoms in total. The Morgan fingerprint density at radius 2 is 2.32 bits per heavy atom. The number of amides is 1. The Bertz CT molecular complexity index is 555. The standard InChI is InChI=1S/C12H14FN5O/c1-14-11-9(3-2-4-10(11)13)12(19)15-5-7-18-8-6-16-17-18/h2-4,6,8,14H,5,7H2,1H3,(H,15,19). The molecule has 0 aliphatic rings. The summed E-state index contributed by atoms with van der Waals surface area (Å²) in [4.78, 5) is 11.9. The fourth-order valence-electron chi connectivity index (χ4n) is 1.70. The zero-order valence-corrected chi connectivity index (χ0v) is 10.4. The first-order valence-electron chi connectivity index (χ1n) is 5.81. The molecule has 0 bridgehead atoms. The molecule has 1 amide bonds. The lowest BCUT2D eigenvalue weighted by molar-refractivity contribution is 0.0952. The fourth-order valence-corrected chi connectivity index (χ4v) is 1.70. The van der Waals surface area contributed by atoms with Gasteiger partial charge in [-0.2, -0.15) is 0 Å². The number of para-hydroxylation sites is 1. The monoisotopic (exact) mass is 263 g/mol. The molecule has 2 N–H and O–H groups in total. The second-order valence-corrected chi connectivity index (χ2v) is 3.83. The predicted octanol–water partition coefficient (Wildman–Crippen LogP) is 0.889. The van der Waals surface area contributed by atoms with E-state index in [0.29, 0.717) is 13.1 Å². The Kier molecular flexibility index (Phi) is 4.07. The van der Waals surface area contributed by atoms with Gasteiger partial charge in [-0.15, -0.1) is 5.10 Å². The minimum Gasteiger partial charge on any atom is -0.385 e. The van der Waals surface area contributed by atoms with E-state index in [1.165, 1.54) is 12.1 Å². The van der Waals surface area contributed by atoms with Crippen LogP contribution in [0.3, 0.4) is 0 Å². The molecule has 1 aromatic carbocycles. The molecule has 0 spiro atoms. The molecule has 7 heteroatoms. The number of hydrogen-bond donors (Lipinski definition) is 2. The van der Waals surface area contributed by atoms with Gasteiger partial charge in [0.05, 0.1) is 24.0 Å². The van der Waals surface area contributed by atoms with E-state index in [1.807, 2.05) is 0 Å². The number of hydrogen-bond acceptors (Lipinski definition) is 4. The zero-order valence-electron chi connectivity index (χ0n) is 10.4. The fraction of sp³-hybridized carbons (Fsp3) is 0.250. The average Bonchev–Trinajstić information content (AvgIpc) is 2.91. The van der Waals surface area contributed by atoms with Gasteiger partial charge in [-0.05, 0) is 12.1 Å². The van der Waals surface area contributed by atoms with Gasteiger partial charge < -0.3 is 10.6 Å². The summed E-state index contributed by atoms with van der Waals surface area (Å²) in [5.74, 6) is -0.782. The van der Waals surface area contributed by atoms with Gasteiger partial charge in [0, 0.05) is 19.8 Å². The normalized spacial score (nSPS) is 10.2. The van der Waals surface area contributed by atoms with E-state index >= 15 is 0 Å². The smallest absolute Gasteiger partial charge is 0.253 e. The van der Waals surface area contributed by atoms with Crippen molar-refractivity contribution in [3.63, 3.8) is 0 Å². The highest BCUT2D eigenvalue weighted by molar-refractivity contribution is 5.99. The summed E-state index contributed by atoms with van der Waals surface area (Å²) >= 11 is 0. The maximum absolute atomic E-state index is 13.5. The molecule has 2 aromatic rings. The highest BCUT2D eigenvalue weighted by atomic mass is 19.1. The van der Waals surface area contributed by atoms with E-state index in [1.54, 1.807) is 30.2 Å².